The maximum atomic E-state index is 13.0. The fourth-order valence-corrected chi connectivity index (χ4v) is 5.36. The fraction of sp³-hybridized carbons (Fsp3) is 0.500. The van der Waals surface area contributed by atoms with Gasteiger partial charge < -0.3 is 4.90 Å². The second kappa shape index (κ2) is 8.39. The van der Waals surface area contributed by atoms with Gasteiger partial charge in [0.05, 0.1) is 27.6 Å². The van der Waals surface area contributed by atoms with Crippen LogP contribution < -0.4 is 0 Å². The standard InChI is InChI=1S/C18H21Cl2N3O4S/c1-2-22(10-12-3-4-14(19)15(20)9-12)18(25)16-5-6-17(24)23(21-16)13-7-8-28(26,27)11-13/h3-4,9,13H,2,5-8,10-11H2,1H3. The highest BCUT2D eigenvalue weighted by molar-refractivity contribution is 7.91. The Morgan fingerprint density at radius 3 is 2.64 bits per heavy atom. The predicted octanol–water partition coefficient (Wildman–Crippen LogP) is 2.51. The second-order valence-corrected chi connectivity index (χ2v) is 9.95. The van der Waals surface area contributed by atoms with E-state index in [1.807, 2.05) is 6.92 Å². The molecule has 28 heavy (non-hydrogen) atoms. The predicted molar refractivity (Wildman–Crippen MR) is 108 cm³/mol. The van der Waals surface area contributed by atoms with Gasteiger partial charge in [-0.15, -0.1) is 0 Å². The van der Waals surface area contributed by atoms with Crippen LogP contribution in [0.5, 0.6) is 0 Å². The molecule has 0 aliphatic carbocycles. The number of rotatable bonds is 5. The number of halogens is 2. The van der Waals surface area contributed by atoms with Crippen molar-refractivity contribution in [2.45, 2.75) is 38.8 Å². The maximum Gasteiger partial charge on any atom is 0.270 e. The normalized spacial score (nSPS) is 21.5. The Hall–Kier alpha value is -1.64. The van der Waals surface area contributed by atoms with E-state index in [0.29, 0.717) is 29.6 Å². The number of hydrogen-bond acceptors (Lipinski definition) is 5. The van der Waals surface area contributed by atoms with E-state index < -0.39 is 15.9 Å². The van der Waals surface area contributed by atoms with E-state index in [4.69, 9.17) is 23.2 Å². The van der Waals surface area contributed by atoms with E-state index in [2.05, 4.69) is 5.10 Å². The van der Waals surface area contributed by atoms with Gasteiger partial charge in [0.2, 0.25) is 5.91 Å². The van der Waals surface area contributed by atoms with Gasteiger partial charge in [-0.05, 0) is 31.0 Å². The van der Waals surface area contributed by atoms with Crippen molar-refractivity contribution in [1.29, 1.82) is 0 Å². The Kier molecular flexibility index (Phi) is 6.31. The average Bonchev–Trinajstić information content (AvgIpc) is 3.02. The van der Waals surface area contributed by atoms with Crippen molar-refractivity contribution < 1.29 is 18.0 Å². The minimum absolute atomic E-state index is 0.0403. The van der Waals surface area contributed by atoms with Gasteiger partial charge in [0.1, 0.15) is 5.71 Å². The molecule has 2 heterocycles. The third kappa shape index (κ3) is 4.67. The number of hydrazone groups is 1. The summed E-state index contributed by atoms with van der Waals surface area (Å²) in [6.45, 7) is 2.63. The zero-order chi connectivity index (χ0) is 20.5. The van der Waals surface area contributed by atoms with Crippen LogP contribution in [0.15, 0.2) is 23.3 Å². The molecule has 7 nitrogen and oxygen atoms in total. The highest BCUT2D eigenvalue weighted by atomic mass is 35.5. The molecule has 2 aliphatic rings. The molecule has 3 rings (SSSR count). The Balaban J connectivity index is 1.77. The van der Waals surface area contributed by atoms with Crippen molar-refractivity contribution in [3.05, 3.63) is 33.8 Å². The van der Waals surface area contributed by atoms with Crippen LogP contribution in [0.3, 0.4) is 0 Å². The van der Waals surface area contributed by atoms with Gasteiger partial charge in [0.25, 0.3) is 5.91 Å². The SMILES string of the molecule is CCN(Cc1ccc(Cl)c(Cl)c1)C(=O)C1=NN(C2CCS(=O)(=O)C2)C(=O)CC1. The number of benzene rings is 1. The molecule has 0 radical (unpaired) electrons. The van der Waals surface area contributed by atoms with Gasteiger partial charge in [-0.3, -0.25) is 9.59 Å². The van der Waals surface area contributed by atoms with Gasteiger partial charge in [0, 0.05) is 25.9 Å². The Labute approximate surface area is 174 Å². The number of nitrogens with zero attached hydrogens (tertiary/aromatic N) is 3. The van der Waals surface area contributed by atoms with Crippen LogP contribution in [-0.4, -0.2) is 59.9 Å². The quantitative estimate of drug-likeness (QED) is 0.696. The smallest absolute Gasteiger partial charge is 0.270 e. The molecule has 0 spiro atoms. The highest BCUT2D eigenvalue weighted by Crippen LogP contribution is 2.25. The lowest BCUT2D eigenvalue weighted by molar-refractivity contribution is -0.134. The van der Waals surface area contributed by atoms with E-state index in [1.54, 1.807) is 23.1 Å². The van der Waals surface area contributed by atoms with Crippen LogP contribution in [0.4, 0.5) is 0 Å². The first kappa shape index (κ1) is 21.1. The Morgan fingerprint density at radius 1 is 1.29 bits per heavy atom. The molecule has 1 fully saturated rings. The summed E-state index contributed by atoms with van der Waals surface area (Å²) in [6, 6.07) is 4.69. The lowest BCUT2D eigenvalue weighted by Crippen LogP contribution is -2.44. The van der Waals surface area contributed by atoms with Crippen molar-refractivity contribution in [1.82, 2.24) is 9.91 Å². The summed E-state index contributed by atoms with van der Waals surface area (Å²) in [5.41, 5.74) is 1.10. The molecule has 2 amide bonds. The van der Waals surface area contributed by atoms with Gasteiger partial charge in [-0.25, -0.2) is 13.4 Å². The summed E-state index contributed by atoms with van der Waals surface area (Å²) >= 11 is 12.0. The van der Waals surface area contributed by atoms with Gasteiger partial charge >= 0.3 is 0 Å². The first-order valence-corrected chi connectivity index (χ1v) is 11.6. The molecule has 2 aliphatic heterocycles. The van der Waals surface area contributed by atoms with Crippen molar-refractivity contribution in [3.8, 4) is 0 Å². The van der Waals surface area contributed by atoms with E-state index in [9.17, 15) is 18.0 Å². The van der Waals surface area contributed by atoms with Crippen molar-refractivity contribution in [2.75, 3.05) is 18.1 Å². The summed E-state index contributed by atoms with van der Waals surface area (Å²) in [4.78, 5) is 26.8. The van der Waals surface area contributed by atoms with Crippen LogP contribution in [0.25, 0.3) is 0 Å². The Bertz CT molecular complexity index is 933. The topological polar surface area (TPSA) is 87.1 Å². The summed E-state index contributed by atoms with van der Waals surface area (Å²) < 4.78 is 23.5. The van der Waals surface area contributed by atoms with Crippen LogP contribution >= 0.6 is 23.2 Å². The Morgan fingerprint density at radius 2 is 2.04 bits per heavy atom. The summed E-state index contributed by atoms with van der Waals surface area (Å²) in [6.07, 6.45) is 0.733. The van der Waals surface area contributed by atoms with E-state index in [-0.39, 0.29) is 41.9 Å². The second-order valence-electron chi connectivity index (χ2n) is 6.91. The largest absolute Gasteiger partial charge is 0.333 e. The molecule has 1 atom stereocenters. The van der Waals surface area contributed by atoms with Gasteiger partial charge in [-0.2, -0.15) is 5.10 Å². The zero-order valence-electron chi connectivity index (χ0n) is 15.4. The third-order valence-corrected chi connectivity index (χ3v) is 7.38. The third-order valence-electron chi connectivity index (χ3n) is 4.89. The number of carbonyl (C=O) groups excluding carboxylic acids is 2. The summed E-state index contributed by atoms with van der Waals surface area (Å²) in [5.74, 6) is -0.582. The monoisotopic (exact) mass is 445 g/mol. The molecular weight excluding hydrogens is 425 g/mol. The lowest BCUT2D eigenvalue weighted by Gasteiger charge is -2.29. The van der Waals surface area contributed by atoms with Crippen LogP contribution in [0, 0.1) is 0 Å². The van der Waals surface area contributed by atoms with E-state index >= 15 is 0 Å². The molecule has 0 N–H and O–H groups in total. The van der Waals surface area contributed by atoms with Crippen LogP contribution in [0.1, 0.15) is 31.7 Å². The van der Waals surface area contributed by atoms with Crippen LogP contribution in [-0.2, 0) is 26.0 Å². The molecule has 1 aromatic rings. The van der Waals surface area contributed by atoms with Crippen molar-refractivity contribution >= 4 is 50.6 Å². The number of sulfone groups is 1. The molecule has 0 bridgehead atoms. The zero-order valence-corrected chi connectivity index (χ0v) is 17.7. The van der Waals surface area contributed by atoms with Crippen LogP contribution in [0.2, 0.25) is 10.0 Å². The summed E-state index contributed by atoms with van der Waals surface area (Å²) in [7, 11) is -3.16. The molecule has 1 saturated heterocycles. The molecule has 10 heteroatoms. The minimum Gasteiger partial charge on any atom is -0.333 e. The number of hydrogen-bond donors (Lipinski definition) is 0. The van der Waals surface area contributed by atoms with Crippen molar-refractivity contribution in [3.63, 3.8) is 0 Å². The molecule has 1 aromatic carbocycles. The lowest BCUT2D eigenvalue weighted by atomic mass is 10.1. The van der Waals surface area contributed by atoms with Gasteiger partial charge in [0.15, 0.2) is 9.84 Å². The minimum atomic E-state index is -3.16. The van der Waals surface area contributed by atoms with Gasteiger partial charge in [-0.1, -0.05) is 29.3 Å². The number of amides is 2. The molecular formula is C18H21Cl2N3O4S. The van der Waals surface area contributed by atoms with E-state index in [0.717, 1.165) is 5.56 Å². The highest BCUT2D eigenvalue weighted by Gasteiger charge is 2.37. The van der Waals surface area contributed by atoms with E-state index in [1.165, 1.54) is 5.01 Å². The molecule has 0 aromatic heterocycles. The first-order valence-electron chi connectivity index (χ1n) is 9.03. The molecule has 0 saturated carbocycles. The molecule has 1 unspecified atom stereocenters. The van der Waals surface area contributed by atoms with Crippen molar-refractivity contribution in [2.24, 2.45) is 5.10 Å². The fourth-order valence-electron chi connectivity index (χ4n) is 3.35. The number of carbonyl (C=O) groups is 2. The average molecular weight is 446 g/mol. The maximum absolute atomic E-state index is 13.0. The molecule has 152 valence electrons. The summed E-state index contributed by atoms with van der Waals surface area (Å²) in [5, 5.41) is 6.31. The first-order chi connectivity index (χ1) is 13.2.